The molecule has 0 fully saturated rings. The first kappa shape index (κ1) is 42.3. The number of nitrogens with zero attached hydrogens (tertiary/aromatic N) is 4. The molecule has 15 rings (SSSR count). The monoisotopic (exact) mass is 946 g/mol. The molecule has 15 aromatic rings. The number of hydrogen-bond donors (Lipinski definition) is 0. The molecule has 4 heteroatoms. The average molecular weight is 947 g/mol. The summed E-state index contributed by atoms with van der Waals surface area (Å²) in [5.74, 6) is 0. The Kier molecular flexibility index (Phi) is 9.19. The molecule has 0 radical (unpaired) electrons. The third-order valence-electron chi connectivity index (χ3n) is 16.1. The molecule has 4 heterocycles. The van der Waals surface area contributed by atoms with E-state index in [2.05, 4.69) is 277 Å². The second-order valence-corrected chi connectivity index (χ2v) is 20.3. The molecule has 0 N–H and O–H groups in total. The standard InChI is InChI=1S/C70H50N4/c1-43-31-33-51(39-45(43)3)71(49-23-13-7-14-24-49)53-35-37-61-59(41-53)55-27-17-29-57-65-64(48-21-11-6-12-22-48)70-66(63(47-19-9-5-10-20-47)69(65)73(61)67(55)57)58-30-18-28-56-60-42-54(36-38-62(60)74(70)68(56)58)72(50-25-15-8-16-26-50)52-34-32-44(2)46(4)40-52/h5-42H,1-4H3. The van der Waals surface area contributed by atoms with Crippen molar-refractivity contribution in [2.75, 3.05) is 9.80 Å². The molecule has 0 aliphatic rings. The van der Waals surface area contributed by atoms with Crippen molar-refractivity contribution in [1.82, 2.24) is 8.80 Å². The first-order valence-electron chi connectivity index (χ1n) is 25.8. The van der Waals surface area contributed by atoms with Gasteiger partial charge in [-0.2, -0.15) is 0 Å². The lowest BCUT2D eigenvalue weighted by Crippen LogP contribution is -2.10. The van der Waals surface area contributed by atoms with Gasteiger partial charge in [0.2, 0.25) is 0 Å². The Balaban J connectivity index is 1.07. The Bertz CT molecular complexity index is 4380. The van der Waals surface area contributed by atoms with Crippen LogP contribution in [0.3, 0.4) is 0 Å². The van der Waals surface area contributed by atoms with Crippen LogP contribution in [0.2, 0.25) is 0 Å². The molecule has 74 heavy (non-hydrogen) atoms. The number of benzene rings is 11. The highest BCUT2D eigenvalue weighted by atomic mass is 15.1. The van der Waals surface area contributed by atoms with Gasteiger partial charge < -0.3 is 18.6 Å². The van der Waals surface area contributed by atoms with Gasteiger partial charge >= 0.3 is 0 Å². The van der Waals surface area contributed by atoms with Gasteiger partial charge in [0.05, 0.1) is 33.1 Å². The summed E-state index contributed by atoms with van der Waals surface area (Å²) in [6.07, 6.45) is 0. The molecule has 11 aromatic carbocycles. The quantitative estimate of drug-likeness (QED) is 0.151. The van der Waals surface area contributed by atoms with E-state index < -0.39 is 0 Å². The summed E-state index contributed by atoms with van der Waals surface area (Å²) in [5.41, 5.74) is 24.2. The van der Waals surface area contributed by atoms with E-state index in [-0.39, 0.29) is 0 Å². The van der Waals surface area contributed by atoms with Crippen LogP contribution in [0.1, 0.15) is 22.3 Å². The van der Waals surface area contributed by atoms with Gasteiger partial charge in [-0.05, 0) is 146 Å². The lowest BCUT2D eigenvalue weighted by molar-refractivity contribution is 1.25. The normalized spacial score (nSPS) is 12.1. The molecule has 0 aliphatic heterocycles. The minimum absolute atomic E-state index is 1.13. The number of aromatic nitrogens is 2. The highest BCUT2D eigenvalue weighted by molar-refractivity contribution is 6.38. The fourth-order valence-corrected chi connectivity index (χ4v) is 12.5. The first-order chi connectivity index (χ1) is 36.4. The molecule has 0 saturated heterocycles. The van der Waals surface area contributed by atoms with Crippen LogP contribution in [-0.2, 0) is 0 Å². The Labute approximate surface area is 429 Å². The predicted octanol–water partition coefficient (Wildman–Crippen LogP) is 19.5. The van der Waals surface area contributed by atoms with Gasteiger partial charge in [-0.3, -0.25) is 0 Å². The molecule has 0 bridgehead atoms. The number of rotatable bonds is 8. The van der Waals surface area contributed by atoms with E-state index in [1.807, 2.05) is 0 Å². The van der Waals surface area contributed by atoms with Crippen molar-refractivity contribution in [3.05, 3.63) is 253 Å². The Hall–Kier alpha value is -9.38. The van der Waals surface area contributed by atoms with Gasteiger partial charge in [0, 0.05) is 88.3 Å². The van der Waals surface area contributed by atoms with Crippen molar-refractivity contribution in [3.8, 4) is 22.3 Å². The van der Waals surface area contributed by atoms with Crippen LogP contribution in [0.15, 0.2) is 231 Å². The maximum atomic E-state index is 2.61. The zero-order chi connectivity index (χ0) is 49.3. The van der Waals surface area contributed by atoms with E-state index in [1.165, 1.54) is 121 Å². The van der Waals surface area contributed by atoms with Gasteiger partial charge in [-0.1, -0.05) is 146 Å². The highest BCUT2D eigenvalue weighted by Crippen LogP contribution is 2.55. The molecule has 0 saturated carbocycles. The predicted molar refractivity (Wildman–Crippen MR) is 315 cm³/mol. The van der Waals surface area contributed by atoms with Gasteiger partial charge in [-0.25, -0.2) is 0 Å². The summed E-state index contributed by atoms with van der Waals surface area (Å²) in [5, 5.41) is 10.00. The first-order valence-corrected chi connectivity index (χ1v) is 25.8. The number of hydrogen-bond acceptors (Lipinski definition) is 2. The Morgan fingerprint density at radius 1 is 0.257 bits per heavy atom. The van der Waals surface area contributed by atoms with Crippen molar-refractivity contribution in [2.45, 2.75) is 27.7 Å². The van der Waals surface area contributed by atoms with Gasteiger partial charge in [0.15, 0.2) is 0 Å². The lowest BCUT2D eigenvalue weighted by Gasteiger charge is -2.26. The fraction of sp³-hybridized carbons (Fsp3) is 0.0571. The van der Waals surface area contributed by atoms with E-state index >= 15 is 0 Å². The molecule has 0 amide bonds. The molecule has 0 spiro atoms. The van der Waals surface area contributed by atoms with E-state index in [0.717, 1.165) is 34.1 Å². The second-order valence-electron chi connectivity index (χ2n) is 20.3. The molecule has 4 nitrogen and oxygen atoms in total. The lowest BCUT2D eigenvalue weighted by atomic mass is 9.89. The number of aryl methyl sites for hydroxylation is 4. The zero-order valence-electron chi connectivity index (χ0n) is 41.7. The average Bonchev–Trinajstić information content (AvgIpc) is 4.26. The third kappa shape index (κ3) is 6.03. The van der Waals surface area contributed by atoms with E-state index in [4.69, 9.17) is 0 Å². The molecule has 4 aromatic heterocycles. The van der Waals surface area contributed by atoms with Crippen LogP contribution in [0.4, 0.5) is 34.1 Å². The number of fused-ring (bicyclic) bond motifs is 12. The van der Waals surface area contributed by atoms with Crippen molar-refractivity contribution in [3.63, 3.8) is 0 Å². The summed E-state index contributed by atoms with van der Waals surface area (Å²) in [6, 6.07) is 85.7. The van der Waals surface area contributed by atoms with Crippen LogP contribution in [-0.4, -0.2) is 8.80 Å². The minimum atomic E-state index is 1.13. The van der Waals surface area contributed by atoms with Crippen molar-refractivity contribution < 1.29 is 0 Å². The topological polar surface area (TPSA) is 15.3 Å². The summed E-state index contributed by atoms with van der Waals surface area (Å²) in [7, 11) is 0. The number of para-hydroxylation sites is 4. The van der Waals surface area contributed by atoms with Gasteiger partial charge in [-0.15, -0.1) is 0 Å². The maximum absolute atomic E-state index is 2.61. The summed E-state index contributed by atoms with van der Waals surface area (Å²) >= 11 is 0. The largest absolute Gasteiger partial charge is 0.310 e. The summed E-state index contributed by atoms with van der Waals surface area (Å²) in [4.78, 5) is 4.80. The highest BCUT2D eigenvalue weighted by Gasteiger charge is 2.31. The maximum Gasteiger partial charge on any atom is 0.0634 e. The zero-order valence-corrected chi connectivity index (χ0v) is 41.7. The molecule has 0 unspecified atom stereocenters. The van der Waals surface area contributed by atoms with E-state index in [1.54, 1.807) is 0 Å². The second kappa shape index (κ2) is 16.1. The van der Waals surface area contributed by atoms with Crippen molar-refractivity contribution >= 4 is 110 Å². The summed E-state index contributed by atoms with van der Waals surface area (Å²) < 4.78 is 5.22. The van der Waals surface area contributed by atoms with Gasteiger partial charge in [0.25, 0.3) is 0 Å². The smallest absolute Gasteiger partial charge is 0.0634 e. The molecule has 0 aliphatic carbocycles. The van der Waals surface area contributed by atoms with Crippen molar-refractivity contribution in [1.29, 1.82) is 0 Å². The number of anilines is 6. The van der Waals surface area contributed by atoms with Crippen LogP contribution in [0.25, 0.3) is 98.4 Å². The van der Waals surface area contributed by atoms with Crippen LogP contribution < -0.4 is 9.80 Å². The minimum Gasteiger partial charge on any atom is -0.310 e. The SMILES string of the molecule is Cc1ccc(N(c2ccccc2)c2ccc3c(c2)c2cccc4c5c(-c6ccccc6)c6c(c(-c7ccccc7)c5n3c24)c2cccc3c4cc(N(c5ccccc5)c5ccc(C)c(C)c5)ccc4n6c32)cc1C. The molecule has 350 valence electrons. The Morgan fingerprint density at radius 2 is 0.608 bits per heavy atom. The van der Waals surface area contributed by atoms with E-state index in [9.17, 15) is 0 Å². The Morgan fingerprint density at radius 3 is 1.00 bits per heavy atom. The van der Waals surface area contributed by atoms with Crippen LogP contribution >= 0.6 is 0 Å². The summed E-state index contributed by atoms with van der Waals surface area (Å²) in [6.45, 7) is 8.79. The third-order valence-corrected chi connectivity index (χ3v) is 16.1. The fourth-order valence-electron chi connectivity index (χ4n) is 12.5. The van der Waals surface area contributed by atoms with Gasteiger partial charge in [0.1, 0.15) is 0 Å². The molecule has 0 atom stereocenters. The van der Waals surface area contributed by atoms with Crippen LogP contribution in [0.5, 0.6) is 0 Å². The van der Waals surface area contributed by atoms with E-state index in [0.29, 0.717) is 0 Å². The van der Waals surface area contributed by atoms with Crippen LogP contribution in [0, 0.1) is 27.7 Å². The molecular formula is C70H50N4. The van der Waals surface area contributed by atoms with Crippen molar-refractivity contribution in [2.24, 2.45) is 0 Å². The molecular weight excluding hydrogens is 897 g/mol.